The molecule has 0 saturated carbocycles. The topological polar surface area (TPSA) is 61.5 Å². The molecule has 0 aliphatic carbocycles. The summed E-state index contributed by atoms with van der Waals surface area (Å²) in [6, 6.07) is 12.5. The molecule has 2 aliphatic heterocycles. The molecular weight excluding hydrogens is 328 g/mol. The maximum absolute atomic E-state index is 12.3. The predicted octanol–water partition coefficient (Wildman–Crippen LogP) is 2.06. The molecule has 138 valence electrons. The quantitative estimate of drug-likeness (QED) is 0.911. The highest BCUT2D eigenvalue weighted by Crippen LogP contribution is 2.29. The van der Waals surface area contributed by atoms with Gasteiger partial charge in [0, 0.05) is 31.7 Å². The number of morpholine rings is 1. The zero-order chi connectivity index (χ0) is 17.9. The summed E-state index contributed by atoms with van der Waals surface area (Å²) in [5, 5.41) is 0. The van der Waals surface area contributed by atoms with Gasteiger partial charge in [-0.25, -0.2) is 0 Å². The molecule has 1 N–H and O–H groups in total. The number of aromatic nitrogens is 2. The maximum atomic E-state index is 12.3. The van der Waals surface area contributed by atoms with E-state index >= 15 is 0 Å². The fraction of sp³-hybridized carbons (Fsp3) is 0.500. The van der Waals surface area contributed by atoms with Crippen LogP contribution in [0.4, 0.5) is 11.8 Å². The first kappa shape index (κ1) is 17.1. The summed E-state index contributed by atoms with van der Waals surface area (Å²) in [5.41, 5.74) is 1.23. The molecule has 0 spiro atoms. The van der Waals surface area contributed by atoms with Crippen molar-refractivity contribution in [3.63, 3.8) is 0 Å². The summed E-state index contributed by atoms with van der Waals surface area (Å²) in [6.45, 7) is 6.11. The van der Waals surface area contributed by atoms with Crippen LogP contribution in [0.3, 0.4) is 0 Å². The molecule has 2 fully saturated rings. The summed E-state index contributed by atoms with van der Waals surface area (Å²) in [7, 11) is 0. The number of rotatable bonds is 4. The Kier molecular flexibility index (Phi) is 4.93. The number of ether oxygens (including phenoxy) is 1. The SMILES string of the molecule is C[C@@H]1C[C@H](Cc2ccccc2)N(c2nc(N3CCOCC3)cc(=O)[nH]2)C1. The lowest BCUT2D eigenvalue weighted by atomic mass is 10.0. The van der Waals surface area contributed by atoms with Gasteiger partial charge in [-0.1, -0.05) is 37.3 Å². The van der Waals surface area contributed by atoms with Crippen LogP contribution in [0.5, 0.6) is 0 Å². The average Bonchev–Trinajstić information content (AvgIpc) is 3.03. The van der Waals surface area contributed by atoms with Gasteiger partial charge in [-0.2, -0.15) is 4.98 Å². The minimum atomic E-state index is -0.0884. The van der Waals surface area contributed by atoms with E-state index < -0.39 is 0 Å². The lowest BCUT2D eigenvalue weighted by Gasteiger charge is -2.30. The second-order valence-electron chi connectivity index (χ2n) is 7.36. The fourth-order valence-electron chi connectivity index (χ4n) is 4.01. The van der Waals surface area contributed by atoms with E-state index in [4.69, 9.17) is 9.72 Å². The van der Waals surface area contributed by atoms with E-state index in [0.717, 1.165) is 38.3 Å². The lowest BCUT2D eigenvalue weighted by Crippen LogP contribution is -2.39. The first-order valence-electron chi connectivity index (χ1n) is 9.43. The van der Waals surface area contributed by atoms with Crippen LogP contribution in [0.25, 0.3) is 0 Å². The van der Waals surface area contributed by atoms with Crippen molar-refractivity contribution in [1.82, 2.24) is 9.97 Å². The van der Waals surface area contributed by atoms with E-state index in [9.17, 15) is 4.79 Å². The van der Waals surface area contributed by atoms with Crippen molar-refractivity contribution in [3.05, 3.63) is 52.3 Å². The third-order valence-electron chi connectivity index (χ3n) is 5.26. The smallest absolute Gasteiger partial charge is 0.254 e. The number of nitrogens with zero attached hydrogens (tertiary/aromatic N) is 3. The summed E-state index contributed by atoms with van der Waals surface area (Å²) in [6.07, 6.45) is 2.08. The van der Waals surface area contributed by atoms with Gasteiger partial charge in [0.05, 0.1) is 13.2 Å². The zero-order valence-electron chi connectivity index (χ0n) is 15.2. The van der Waals surface area contributed by atoms with Crippen LogP contribution < -0.4 is 15.4 Å². The first-order valence-corrected chi connectivity index (χ1v) is 9.43. The first-order chi connectivity index (χ1) is 12.7. The number of aromatic amines is 1. The number of hydrogen-bond donors (Lipinski definition) is 1. The molecule has 2 aliphatic rings. The van der Waals surface area contributed by atoms with E-state index in [1.54, 1.807) is 6.07 Å². The van der Waals surface area contributed by atoms with Crippen molar-refractivity contribution in [2.45, 2.75) is 25.8 Å². The minimum Gasteiger partial charge on any atom is -0.378 e. The van der Waals surface area contributed by atoms with Crippen molar-refractivity contribution in [2.24, 2.45) is 5.92 Å². The second-order valence-corrected chi connectivity index (χ2v) is 7.36. The lowest BCUT2D eigenvalue weighted by molar-refractivity contribution is 0.122. The monoisotopic (exact) mass is 354 g/mol. The Morgan fingerprint density at radius 2 is 2.00 bits per heavy atom. The predicted molar refractivity (Wildman–Crippen MR) is 103 cm³/mol. The molecule has 4 rings (SSSR count). The molecule has 26 heavy (non-hydrogen) atoms. The highest BCUT2D eigenvalue weighted by atomic mass is 16.5. The van der Waals surface area contributed by atoms with Crippen molar-refractivity contribution in [2.75, 3.05) is 42.6 Å². The molecule has 0 unspecified atom stereocenters. The summed E-state index contributed by atoms with van der Waals surface area (Å²) >= 11 is 0. The third-order valence-corrected chi connectivity index (χ3v) is 5.26. The summed E-state index contributed by atoms with van der Waals surface area (Å²) in [4.78, 5) is 24.5. The van der Waals surface area contributed by atoms with Crippen LogP contribution in [0.1, 0.15) is 18.9 Å². The Balaban J connectivity index is 1.60. The van der Waals surface area contributed by atoms with Crippen LogP contribution in [-0.2, 0) is 11.2 Å². The van der Waals surface area contributed by atoms with Gasteiger partial charge in [0.2, 0.25) is 5.95 Å². The van der Waals surface area contributed by atoms with E-state index in [-0.39, 0.29) is 5.56 Å². The Hall–Kier alpha value is -2.34. The van der Waals surface area contributed by atoms with E-state index in [2.05, 4.69) is 46.0 Å². The zero-order valence-corrected chi connectivity index (χ0v) is 15.2. The standard InChI is InChI=1S/C20H26N4O2/c1-15-11-17(12-16-5-3-2-4-6-16)24(14-15)20-21-18(13-19(25)22-20)23-7-9-26-10-8-23/h2-6,13,15,17H,7-12,14H2,1H3,(H,21,22,25)/t15-,17-/m1/s1. The van der Waals surface area contributed by atoms with Crippen molar-refractivity contribution >= 4 is 11.8 Å². The van der Waals surface area contributed by atoms with Crippen LogP contribution in [-0.4, -0.2) is 48.9 Å². The number of anilines is 2. The van der Waals surface area contributed by atoms with E-state index in [1.807, 2.05) is 6.07 Å². The summed E-state index contributed by atoms with van der Waals surface area (Å²) in [5.74, 6) is 2.04. The Morgan fingerprint density at radius 1 is 1.23 bits per heavy atom. The molecule has 6 nitrogen and oxygen atoms in total. The molecule has 2 atom stereocenters. The maximum Gasteiger partial charge on any atom is 0.254 e. The van der Waals surface area contributed by atoms with Gasteiger partial charge in [-0.05, 0) is 24.3 Å². The van der Waals surface area contributed by atoms with Gasteiger partial charge < -0.3 is 14.5 Å². The highest BCUT2D eigenvalue weighted by molar-refractivity contribution is 5.45. The normalized spacial score (nSPS) is 23.4. The van der Waals surface area contributed by atoms with Gasteiger partial charge >= 0.3 is 0 Å². The van der Waals surface area contributed by atoms with Gasteiger partial charge in [0.15, 0.2) is 0 Å². The second kappa shape index (κ2) is 7.50. The molecule has 0 amide bonds. The molecule has 0 bridgehead atoms. The number of hydrogen-bond acceptors (Lipinski definition) is 5. The minimum absolute atomic E-state index is 0.0884. The molecule has 1 aromatic carbocycles. The van der Waals surface area contributed by atoms with Gasteiger partial charge in [-0.3, -0.25) is 9.78 Å². The van der Waals surface area contributed by atoms with Crippen LogP contribution in [0.15, 0.2) is 41.2 Å². The Bertz CT molecular complexity index is 786. The summed E-state index contributed by atoms with van der Waals surface area (Å²) < 4.78 is 5.41. The van der Waals surface area contributed by atoms with Crippen molar-refractivity contribution < 1.29 is 4.74 Å². The molecule has 3 heterocycles. The third kappa shape index (κ3) is 3.75. The molecule has 2 saturated heterocycles. The Morgan fingerprint density at radius 3 is 2.77 bits per heavy atom. The molecular formula is C20H26N4O2. The van der Waals surface area contributed by atoms with Crippen molar-refractivity contribution in [3.8, 4) is 0 Å². The molecule has 1 aromatic heterocycles. The van der Waals surface area contributed by atoms with E-state index in [1.165, 1.54) is 5.56 Å². The Labute approximate surface area is 153 Å². The highest BCUT2D eigenvalue weighted by Gasteiger charge is 2.31. The van der Waals surface area contributed by atoms with Crippen molar-refractivity contribution in [1.29, 1.82) is 0 Å². The fourth-order valence-corrected chi connectivity index (χ4v) is 4.01. The molecule has 0 radical (unpaired) electrons. The van der Waals surface area contributed by atoms with Gasteiger partial charge in [0.25, 0.3) is 5.56 Å². The molecule has 2 aromatic rings. The molecule has 6 heteroatoms. The number of H-pyrrole nitrogens is 1. The van der Waals surface area contributed by atoms with E-state index in [0.29, 0.717) is 31.1 Å². The van der Waals surface area contributed by atoms with Crippen LogP contribution in [0, 0.1) is 5.92 Å². The number of nitrogens with one attached hydrogen (secondary N) is 1. The van der Waals surface area contributed by atoms with Crippen LogP contribution in [0.2, 0.25) is 0 Å². The largest absolute Gasteiger partial charge is 0.378 e. The van der Waals surface area contributed by atoms with Gasteiger partial charge in [0.1, 0.15) is 5.82 Å². The number of benzene rings is 1. The average molecular weight is 354 g/mol. The van der Waals surface area contributed by atoms with Crippen LogP contribution >= 0.6 is 0 Å². The van der Waals surface area contributed by atoms with Gasteiger partial charge in [-0.15, -0.1) is 0 Å².